The van der Waals surface area contributed by atoms with Crippen molar-refractivity contribution in [1.82, 2.24) is 24.5 Å². The van der Waals surface area contributed by atoms with Gasteiger partial charge in [0.05, 0.1) is 16.6 Å². The van der Waals surface area contributed by atoms with Gasteiger partial charge in [0.2, 0.25) is 0 Å². The van der Waals surface area contributed by atoms with E-state index >= 15 is 0 Å². The quantitative estimate of drug-likeness (QED) is 0.156. The van der Waals surface area contributed by atoms with Crippen molar-refractivity contribution >= 4 is 65.4 Å². The van der Waals surface area contributed by atoms with Crippen molar-refractivity contribution < 1.29 is 4.42 Å². The molecule has 13 aromatic rings. The van der Waals surface area contributed by atoms with E-state index in [0.717, 1.165) is 94.0 Å². The summed E-state index contributed by atoms with van der Waals surface area (Å²) in [5.41, 5.74) is 12.6. The lowest BCUT2D eigenvalue weighted by Crippen LogP contribution is -2.01. The Kier molecular flexibility index (Phi) is 8.11. The lowest BCUT2D eigenvalue weighted by molar-refractivity contribution is 0.669. The largest absolute Gasteiger partial charge is 0.454 e. The Bertz CT molecular complexity index is 3910. The van der Waals surface area contributed by atoms with E-state index in [9.17, 15) is 0 Å². The third kappa shape index (κ3) is 5.88. The van der Waals surface area contributed by atoms with Gasteiger partial charge in [-0.1, -0.05) is 164 Å². The van der Waals surface area contributed by atoms with Gasteiger partial charge in [-0.2, -0.15) is 0 Å². The van der Waals surface area contributed by atoms with Crippen LogP contribution in [-0.4, -0.2) is 24.5 Å². The molecule has 0 amide bonds. The van der Waals surface area contributed by atoms with Crippen LogP contribution in [-0.2, 0) is 0 Å². The van der Waals surface area contributed by atoms with Gasteiger partial charge < -0.3 is 8.98 Å². The molecule has 6 heteroatoms. The van der Waals surface area contributed by atoms with Gasteiger partial charge in [0.25, 0.3) is 0 Å². The number of benzene rings is 9. The average molecular weight is 818 g/mol. The standard InChI is InChI=1S/C58H35N5O/c1-2-14-37(15-3-1)56-60-57(62-58(61-56)43-20-13-21-44(33-43)63-50-25-9-6-22-45(50)46-23-7-10-26-51(46)63)38-30-28-36(29-31-38)39-18-12-19-42(32-39)54-55-53(47-24-8-11-27-52(47)64-55)48-34-40-16-4-5-17-41(40)35-49(48)59-54/h1-35H. The van der Waals surface area contributed by atoms with Crippen LogP contribution in [0, 0.1) is 0 Å². The molecule has 0 radical (unpaired) electrons. The summed E-state index contributed by atoms with van der Waals surface area (Å²) >= 11 is 0. The highest BCUT2D eigenvalue weighted by molar-refractivity contribution is 6.22. The average Bonchev–Trinajstić information content (AvgIpc) is 3.93. The molecule has 0 spiro atoms. The third-order valence-electron chi connectivity index (χ3n) is 12.4. The predicted octanol–water partition coefficient (Wildman–Crippen LogP) is 14.9. The highest BCUT2D eigenvalue weighted by Crippen LogP contribution is 2.41. The molecule has 0 N–H and O–H groups in total. The molecule has 4 heterocycles. The van der Waals surface area contributed by atoms with Gasteiger partial charge in [0.1, 0.15) is 11.3 Å². The van der Waals surface area contributed by atoms with Crippen LogP contribution in [0.5, 0.6) is 0 Å². The first-order valence-corrected chi connectivity index (χ1v) is 21.5. The van der Waals surface area contributed by atoms with Gasteiger partial charge in [-0.3, -0.25) is 0 Å². The zero-order chi connectivity index (χ0) is 42.1. The second-order valence-corrected chi connectivity index (χ2v) is 16.2. The molecule has 0 saturated heterocycles. The first-order valence-electron chi connectivity index (χ1n) is 21.5. The van der Waals surface area contributed by atoms with Crippen LogP contribution in [0.2, 0.25) is 0 Å². The first kappa shape index (κ1) is 36.0. The fourth-order valence-electron chi connectivity index (χ4n) is 9.36. The minimum atomic E-state index is 0.603. The summed E-state index contributed by atoms with van der Waals surface area (Å²) in [6.07, 6.45) is 0. The number of pyridine rings is 1. The fourth-order valence-corrected chi connectivity index (χ4v) is 9.36. The SMILES string of the molecule is c1ccc(-c2nc(-c3ccc(-c4cccc(-c5nc6cc7ccccc7cc6c6c5oc5ccccc56)c4)cc3)nc(-c3cccc(-n4c5ccccc5c5ccccc54)c3)n2)cc1. The fraction of sp³-hybridized carbons (Fsp3) is 0. The summed E-state index contributed by atoms with van der Waals surface area (Å²) in [6, 6.07) is 73.9. The van der Waals surface area contributed by atoms with Gasteiger partial charge in [-0.15, -0.1) is 0 Å². The number of hydrogen-bond donors (Lipinski definition) is 0. The zero-order valence-corrected chi connectivity index (χ0v) is 34.4. The molecular formula is C58H35N5O. The van der Waals surface area contributed by atoms with Crippen molar-refractivity contribution in [2.75, 3.05) is 0 Å². The molecular weight excluding hydrogens is 783 g/mol. The first-order chi connectivity index (χ1) is 31.7. The minimum Gasteiger partial charge on any atom is -0.454 e. The number of aromatic nitrogens is 5. The third-order valence-corrected chi connectivity index (χ3v) is 12.4. The smallest absolute Gasteiger partial charge is 0.164 e. The lowest BCUT2D eigenvalue weighted by atomic mass is 9.97. The molecule has 0 bridgehead atoms. The van der Waals surface area contributed by atoms with Crippen molar-refractivity contribution in [2.45, 2.75) is 0 Å². The number of hydrogen-bond acceptors (Lipinski definition) is 5. The molecule has 0 fully saturated rings. The van der Waals surface area contributed by atoms with Crippen molar-refractivity contribution in [3.63, 3.8) is 0 Å². The van der Waals surface area contributed by atoms with Gasteiger partial charge in [0, 0.05) is 54.9 Å². The van der Waals surface area contributed by atoms with E-state index in [1.54, 1.807) is 0 Å². The summed E-state index contributed by atoms with van der Waals surface area (Å²) in [5, 5.41) is 8.02. The molecule has 0 atom stereocenters. The van der Waals surface area contributed by atoms with Crippen molar-refractivity contribution in [2.24, 2.45) is 0 Å². The highest BCUT2D eigenvalue weighted by Gasteiger charge is 2.20. The van der Waals surface area contributed by atoms with Crippen molar-refractivity contribution in [1.29, 1.82) is 0 Å². The van der Waals surface area contributed by atoms with Crippen molar-refractivity contribution in [3.8, 4) is 62.2 Å². The Labute approximate surface area is 367 Å². The van der Waals surface area contributed by atoms with Crippen LogP contribution in [0.4, 0.5) is 0 Å². The van der Waals surface area contributed by atoms with Crippen LogP contribution in [0.25, 0.3) is 128 Å². The van der Waals surface area contributed by atoms with Crippen LogP contribution in [0.3, 0.4) is 0 Å². The van der Waals surface area contributed by atoms with Gasteiger partial charge in [-0.25, -0.2) is 19.9 Å². The Morgan fingerprint density at radius 3 is 1.64 bits per heavy atom. The van der Waals surface area contributed by atoms with Crippen LogP contribution < -0.4 is 0 Å². The molecule has 9 aromatic carbocycles. The molecule has 0 saturated carbocycles. The van der Waals surface area contributed by atoms with E-state index in [0.29, 0.717) is 17.5 Å². The molecule has 13 rings (SSSR count). The molecule has 6 nitrogen and oxygen atoms in total. The number of furan rings is 1. The second kappa shape index (κ2) is 14.4. The number of nitrogens with zero attached hydrogens (tertiary/aromatic N) is 5. The maximum absolute atomic E-state index is 6.63. The molecule has 0 aliphatic carbocycles. The lowest BCUT2D eigenvalue weighted by Gasteiger charge is -2.12. The summed E-state index contributed by atoms with van der Waals surface area (Å²) in [4.78, 5) is 20.6. The van der Waals surface area contributed by atoms with Crippen LogP contribution >= 0.6 is 0 Å². The monoisotopic (exact) mass is 817 g/mol. The zero-order valence-electron chi connectivity index (χ0n) is 34.4. The molecule has 0 aliphatic rings. The highest BCUT2D eigenvalue weighted by atomic mass is 16.3. The number of para-hydroxylation sites is 3. The van der Waals surface area contributed by atoms with E-state index in [1.807, 2.05) is 42.5 Å². The van der Waals surface area contributed by atoms with Gasteiger partial charge in [0.15, 0.2) is 23.1 Å². The van der Waals surface area contributed by atoms with E-state index in [-0.39, 0.29) is 0 Å². The molecule has 4 aromatic heterocycles. The maximum atomic E-state index is 6.63. The van der Waals surface area contributed by atoms with E-state index in [1.165, 1.54) is 16.2 Å². The molecule has 64 heavy (non-hydrogen) atoms. The van der Waals surface area contributed by atoms with Crippen LogP contribution in [0.1, 0.15) is 0 Å². The Hall–Kier alpha value is -8.74. The van der Waals surface area contributed by atoms with E-state index in [4.69, 9.17) is 24.4 Å². The van der Waals surface area contributed by atoms with Gasteiger partial charge >= 0.3 is 0 Å². The Morgan fingerprint density at radius 1 is 0.344 bits per heavy atom. The second-order valence-electron chi connectivity index (χ2n) is 16.2. The summed E-state index contributed by atoms with van der Waals surface area (Å²) < 4.78 is 8.95. The summed E-state index contributed by atoms with van der Waals surface area (Å²) in [5.74, 6) is 1.83. The van der Waals surface area contributed by atoms with Crippen molar-refractivity contribution in [3.05, 3.63) is 212 Å². The summed E-state index contributed by atoms with van der Waals surface area (Å²) in [7, 11) is 0. The normalized spacial score (nSPS) is 11.8. The minimum absolute atomic E-state index is 0.603. The predicted molar refractivity (Wildman–Crippen MR) is 261 cm³/mol. The Morgan fingerprint density at radius 2 is 0.891 bits per heavy atom. The molecule has 0 unspecified atom stereocenters. The van der Waals surface area contributed by atoms with Crippen LogP contribution in [0.15, 0.2) is 217 Å². The van der Waals surface area contributed by atoms with Gasteiger partial charge in [-0.05, 0) is 70.4 Å². The maximum Gasteiger partial charge on any atom is 0.164 e. The topological polar surface area (TPSA) is 69.6 Å². The van der Waals surface area contributed by atoms with E-state index < -0.39 is 0 Å². The number of rotatable bonds is 6. The van der Waals surface area contributed by atoms with E-state index in [2.05, 4.69) is 174 Å². The summed E-state index contributed by atoms with van der Waals surface area (Å²) in [6.45, 7) is 0. The number of fused-ring (bicyclic) bond motifs is 9. The molecule has 0 aliphatic heterocycles. The Balaban J connectivity index is 0.901. The molecule has 298 valence electrons.